The molecule has 0 bridgehead atoms. The third-order valence-electron chi connectivity index (χ3n) is 4.30. The quantitative estimate of drug-likeness (QED) is 0.790. The van der Waals surface area contributed by atoms with Gasteiger partial charge in [0.2, 0.25) is 5.95 Å². The Bertz CT molecular complexity index is 723. The molecule has 0 spiro atoms. The molecule has 0 saturated heterocycles. The average Bonchev–Trinajstić information content (AvgIpc) is 2.55. The Balaban J connectivity index is 1.79. The minimum absolute atomic E-state index is 0.0738. The van der Waals surface area contributed by atoms with E-state index in [0.29, 0.717) is 35.1 Å². The lowest BCUT2D eigenvalue weighted by Gasteiger charge is -2.26. The summed E-state index contributed by atoms with van der Waals surface area (Å²) in [6.07, 6.45) is 3.26. The van der Waals surface area contributed by atoms with Gasteiger partial charge in [-0.1, -0.05) is 0 Å². The summed E-state index contributed by atoms with van der Waals surface area (Å²) in [5, 5.41) is 31.5. The lowest BCUT2D eigenvalue weighted by atomic mass is 9.93. The molecular formula is C17H22N4O3. The molecule has 1 fully saturated rings. The lowest BCUT2D eigenvalue weighted by molar-refractivity contribution is 0.124. The molecule has 2 atom stereocenters. The van der Waals surface area contributed by atoms with Gasteiger partial charge in [0.1, 0.15) is 17.2 Å². The standard InChI is InChI=1S/C17H22N4O3/c1-10-16(14-7-6-13(24-2)9-15(14)23)20-21-17(18-10)19-11-4-3-5-12(22)8-11/h6-7,9,11-12,22-23H,3-5,8H2,1-2H3,(H,18,19,21)/t11-,12+/m1/s1. The molecule has 1 aliphatic carbocycles. The Hall–Kier alpha value is -2.41. The Kier molecular flexibility index (Phi) is 4.80. The normalized spacial score (nSPS) is 20.6. The number of nitrogens with one attached hydrogen (secondary N) is 1. The summed E-state index contributed by atoms with van der Waals surface area (Å²) in [4.78, 5) is 4.44. The van der Waals surface area contributed by atoms with Gasteiger partial charge < -0.3 is 20.3 Å². The number of rotatable bonds is 4. The number of hydrogen-bond acceptors (Lipinski definition) is 7. The van der Waals surface area contributed by atoms with Crippen molar-refractivity contribution in [2.24, 2.45) is 0 Å². The number of hydrogen-bond donors (Lipinski definition) is 3. The number of nitrogens with zero attached hydrogens (tertiary/aromatic N) is 3. The highest BCUT2D eigenvalue weighted by Gasteiger charge is 2.21. The summed E-state index contributed by atoms with van der Waals surface area (Å²) in [5.74, 6) is 1.09. The van der Waals surface area contributed by atoms with Crippen molar-refractivity contribution in [1.29, 1.82) is 0 Å². The number of aromatic hydroxyl groups is 1. The van der Waals surface area contributed by atoms with Crippen LogP contribution < -0.4 is 10.1 Å². The van der Waals surface area contributed by atoms with Crippen molar-refractivity contribution < 1.29 is 14.9 Å². The second kappa shape index (κ2) is 7.00. The van der Waals surface area contributed by atoms with Crippen molar-refractivity contribution in [2.75, 3.05) is 12.4 Å². The van der Waals surface area contributed by atoms with Crippen LogP contribution in [0.25, 0.3) is 11.3 Å². The molecule has 2 aromatic rings. The van der Waals surface area contributed by atoms with Gasteiger partial charge in [-0.2, -0.15) is 0 Å². The van der Waals surface area contributed by atoms with Gasteiger partial charge in [0.25, 0.3) is 0 Å². The molecule has 0 aliphatic heterocycles. The number of anilines is 1. The molecule has 24 heavy (non-hydrogen) atoms. The Morgan fingerprint density at radius 3 is 2.75 bits per heavy atom. The first kappa shape index (κ1) is 16.4. The van der Waals surface area contributed by atoms with E-state index in [4.69, 9.17) is 4.74 Å². The molecule has 0 radical (unpaired) electrons. The van der Waals surface area contributed by atoms with Gasteiger partial charge in [0, 0.05) is 17.7 Å². The highest BCUT2D eigenvalue weighted by Crippen LogP contribution is 2.32. The zero-order valence-corrected chi connectivity index (χ0v) is 13.9. The fourth-order valence-corrected chi connectivity index (χ4v) is 3.03. The van der Waals surface area contributed by atoms with Crippen molar-refractivity contribution >= 4 is 5.95 Å². The first-order chi connectivity index (χ1) is 11.6. The number of phenols is 1. The fraction of sp³-hybridized carbons (Fsp3) is 0.471. The maximum atomic E-state index is 10.1. The first-order valence-electron chi connectivity index (χ1n) is 8.10. The van der Waals surface area contributed by atoms with Crippen molar-refractivity contribution in [3.8, 4) is 22.8 Å². The number of aliphatic hydroxyl groups excluding tert-OH is 1. The topological polar surface area (TPSA) is 100 Å². The molecule has 7 heteroatoms. The molecular weight excluding hydrogens is 308 g/mol. The molecule has 0 unspecified atom stereocenters. The number of methoxy groups -OCH3 is 1. The van der Waals surface area contributed by atoms with Crippen LogP contribution in [-0.4, -0.2) is 44.7 Å². The summed E-state index contributed by atoms with van der Waals surface area (Å²) in [5.41, 5.74) is 1.77. The van der Waals surface area contributed by atoms with E-state index < -0.39 is 0 Å². The van der Waals surface area contributed by atoms with Crippen LogP contribution >= 0.6 is 0 Å². The monoisotopic (exact) mass is 330 g/mol. The van der Waals surface area contributed by atoms with Gasteiger partial charge >= 0.3 is 0 Å². The molecule has 1 aliphatic rings. The smallest absolute Gasteiger partial charge is 0.243 e. The Morgan fingerprint density at radius 2 is 2.08 bits per heavy atom. The van der Waals surface area contributed by atoms with Crippen LogP contribution in [0.3, 0.4) is 0 Å². The fourth-order valence-electron chi connectivity index (χ4n) is 3.03. The zero-order valence-electron chi connectivity index (χ0n) is 13.9. The van der Waals surface area contributed by atoms with Crippen molar-refractivity contribution in [3.63, 3.8) is 0 Å². The molecule has 128 valence electrons. The maximum Gasteiger partial charge on any atom is 0.243 e. The summed E-state index contributed by atoms with van der Waals surface area (Å²) in [6, 6.07) is 5.19. The third-order valence-corrected chi connectivity index (χ3v) is 4.30. The largest absolute Gasteiger partial charge is 0.507 e. The van der Waals surface area contributed by atoms with E-state index in [1.807, 2.05) is 6.92 Å². The van der Waals surface area contributed by atoms with Crippen LogP contribution in [0.15, 0.2) is 18.2 Å². The van der Waals surface area contributed by atoms with Gasteiger partial charge in [-0.05, 0) is 44.7 Å². The number of aliphatic hydroxyl groups is 1. The van der Waals surface area contributed by atoms with Crippen molar-refractivity contribution in [3.05, 3.63) is 23.9 Å². The Morgan fingerprint density at radius 1 is 1.25 bits per heavy atom. The molecule has 0 amide bonds. The highest BCUT2D eigenvalue weighted by molar-refractivity contribution is 5.69. The number of aryl methyl sites for hydroxylation is 1. The highest BCUT2D eigenvalue weighted by atomic mass is 16.5. The van der Waals surface area contributed by atoms with E-state index in [1.54, 1.807) is 19.2 Å². The van der Waals surface area contributed by atoms with E-state index in [9.17, 15) is 10.2 Å². The zero-order chi connectivity index (χ0) is 17.1. The average molecular weight is 330 g/mol. The molecule has 7 nitrogen and oxygen atoms in total. The van der Waals surface area contributed by atoms with Crippen LogP contribution in [-0.2, 0) is 0 Å². The minimum Gasteiger partial charge on any atom is -0.507 e. The summed E-state index contributed by atoms with van der Waals surface area (Å²) < 4.78 is 5.09. The second-order valence-electron chi connectivity index (χ2n) is 6.11. The molecule has 3 N–H and O–H groups in total. The van der Waals surface area contributed by atoms with Gasteiger partial charge in [-0.15, -0.1) is 10.2 Å². The Labute approximate surface area is 140 Å². The predicted molar refractivity (Wildman–Crippen MR) is 90.1 cm³/mol. The van der Waals surface area contributed by atoms with Crippen LogP contribution in [0.1, 0.15) is 31.4 Å². The van der Waals surface area contributed by atoms with Crippen LogP contribution in [0, 0.1) is 6.92 Å². The van der Waals surface area contributed by atoms with Gasteiger partial charge in [-0.25, -0.2) is 4.98 Å². The van der Waals surface area contributed by atoms with Crippen molar-refractivity contribution in [1.82, 2.24) is 15.2 Å². The van der Waals surface area contributed by atoms with Crippen LogP contribution in [0.4, 0.5) is 5.95 Å². The van der Waals surface area contributed by atoms with Crippen LogP contribution in [0.2, 0.25) is 0 Å². The van der Waals surface area contributed by atoms with E-state index in [1.165, 1.54) is 6.07 Å². The summed E-state index contributed by atoms with van der Waals surface area (Å²) in [7, 11) is 1.55. The number of ether oxygens (including phenoxy) is 1. The summed E-state index contributed by atoms with van der Waals surface area (Å²) in [6.45, 7) is 1.83. The van der Waals surface area contributed by atoms with E-state index in [-0.39, 0.29) is 17.9 Å². The SMILES string of the molecule is COc1ccc(-c2nnc(N[C@@H]3CCC[C@H](O)C3)nc2C)c(O)c1. The van der Waals surface area contributed by atoms with E-state index in [0.717, 1.165) is 19.3 Å². The van der Waals surface area contributed by atoms with Gasteiger partial charge in [0.15, 0.2) is 0 Å². The lowest BCUT2D eigenvalue weighted by Crippen LogP contribution is -2.30. The number of phenolic OH excluding ortho intramolecular Hbond substituents is 1. The molecule has 1 saturated carbocycles. The van der Waals surface area contributed by atoms with Crippen molar-refractivity contribution in [2.45, 2.75) is 44.8 Å². The van der Waals surface area contributed by atoms with Gasteiger partial charge in [-0.3, -0.25) is 0 Å². The number of aromatic nitrogens is 3. The molecule has 3 rings (SSSR count). The summed E-state index contributed by atoms with van der Waals surface area (Å²) >= 11 is 0. The van der Waals surface area contributed by atoms with E-state index >= 15 is 0 Å². The maximum absolute atomic E-state index is 10.1. The van der Waals surface area contributed by atoms with Crippen LogP contribution in [0.5, 0.6) is 11.5 Å². The van der Waals surface area contributed by atoms with E-state index in [2.05, 4.69) is 20.5 Å². The first-order valence-corrected chi connectivity index (χ1v) is 8.10. The number of benzene rings is 1. The third kappa shape index (κ3) is 3.56. The predicted octanol–water partition coefficient (Wildman–Crippen LogP) is 2.28. The molecule has 1 aromatic carbocycles. The second-order valence-corrected chi connectivity index (χ2v) is 6.11. The van der Waals surface area contributed by atoms with Gasteiger partial charge in [0.05, 0.1) is 18.9 Å². The minimum atomic E-state index is -0.263. The molecule has 1 aromatic heterocycles. The molecule has 1 heterocycles.